The number of aromatic amines is 2. The lowest BCUT2D eigenvalue weighted by molar-refractivity contribution is 1.15. The Balaban J connectivity index is 1.92. The first-order valence-corrected chi connectivity index (χ1v) is 8.76. The zero-order valence-corrected chi connectivity index (χ0v) is 14.0. The average molecular weight is 312 g/mol. The number of hydrogen-bond donors (Lipinski definition) is 2. The van der Waals surface area contributed by atoms with Crippen molar-refractivity contribution >= 4 is 43.6 Å². The molecule has 0 unspecified atom stereocenters. The van der Waals surface area contributed by atoms with Crippen molar-refractivity contribution in [3.05, 3.63) is 59.7 Å². The minimum atomic E-state index is 1.07. The van der Waals surface area contributed by atoms with E-state index in [0.717, 1.165) is 12.8 Å². The summed E-state index contributed by atoms with van der Waals surface area (Å²) in [6.45, 7) is 4.41. The van der Waals surface area contributed by atoms with Crippen molar-refractivity contribution in [2.75, 3.05) is 0 Å². The summed E-state index contributed by atoms with van der Waals surface area (Å²) in [6, 6.07) is 18.0. The van der Waals surface area contributed by atoms with Gasteiger partial charge in [-0.1, -0.05) is 38.1 Å². The maximum atomic E-state index is 3.63. The van der Waals surface area contributed by atoms with Crippen molar-refractivity contribution in [2.45, 2.75) is 26.7 Å². The van der Waals surface area contributed by atoms with Crippen molar-refractivity contribution in [2.24, 2.45) is 0 Å². The van der Waals surface area contributed by atoms with Crippen molar-refractivity contribution < 1.29 is 0 Å². The Morgan fingerprint density at radius 1 is 0.583 bits per heavy atom. The average Bonchev–Trinajstić information content (AvgIpc) is 3.18. The van der Waals surface area contributed by atoms with E-state index in [2.05, 4.69) is 72.3 Å². The summed E-state index contributed by atoms with van der Waals surface area (Å²) in [7, 11) is 0. The summed E-state index contributed by atoms with van der Waals surface area (Å²) in [5.74, 6) is 0. The molecule has 0 aliphatic carbocycles. The van der Waals surface area contributed by atoms with Gasteiger partial charge in [-0.15, -0.1) is 0 Å². The normalized spacial score (nSPS) is 12.1. The molecule has 24 heavy (non-hydrogen) atoms. The third kappa shape index (κ3) is 1.77. The number of aryl methyl sites for hydroxylation is 2. The van der Waals surface area contributed by atoms with Crippen molar-refractivity contribution in [3.63, 3.8) is 0 Å². The van der Waals surface area contributed by atoms with E-state index >= 15 is 0 Å². The molecule has 5 aromatic rings. The highest BCUT2D eigenvalue weighted by Gasteiger charge is 2.12. The van der Waals surface area contributed by atoms with Gasteiger partial charge in [0.15, 0.2) is 0 Å². The number of rotatable bonds is 2. The highest BCUT2D eigenvalue weighted by Crippen LogP contribution is 2.35. The topological polar surface area (TPSA) is 31.6 Å². The number of aromatic nitrogens is 2. The molecule has 0 saturated carbocycles. The van der Waals surface area contributed by atoms with Gasteiger partial charge in [0.1, 0.15) is 0 Å². The third-order valence-corrected chi connectivity index (χ3v) is 5.29. The molecule has 0 radical (unpaired) electrons. The van der Waals surface area contributed by atoms with E-state index in [9.17, 15) is 0 Å². The van der Waals surface area contributed by atoms with E-state index < -0.39 is 0 Å². The molecular weight excluding hydrogens is 292 g/mol. The number of hydrogen-bond acceptors (Lipinski definition) is 0. The smallest absolute Gasteiger partial charge is 0.0710 e. The number of nitrogens with one attached hydrogen (secondary N) is 2. The number of benzene rings is 3. The van der Waals surface area contributed by atoms with Gasteiger partial charge in [-0.3, -0.25) is 0 Å². The fraction of sp³-hybridized carbons (Fsp3) is 0.182. The summed E-state index contributed by atoms with van der Waals surface area (Å²) >= 11 is 0. The van der Waals surface area contributed by atoms with Gasteiger partial charge in [0.25, 0.3) is 0 Å². The predicted octanol–water partition coefficient (Wildman–Crippen LogP) is 6.08. The van der Waals surface area contributed by atoms with Crippen LogP contribution in [0, 0.1) is 0 Å². The van der Waals surface area contributed by atoms with Gasteiger partial charge < -0.3 is 9.97 Å². The Labute approximate surface area is 140 Å². The SMILES string of the molecule is CCc1ccc2[nH]c3c(ccc4c5cc(CC)ccc5[nH]c43)c2c1. The van der Waals surface area contributed by atoms with Crippen LogP contribution in [-0.4, -0.2) is 9.97 Å². The van der Waals surface area contributed by atoms with Crippen LogP contribution in [0.3, 0.4) is 0 Å². The van der Waals surface area contributed by atoms with Gasteiger partial charge in [-0.25, -0.2) is 0 Å². The monoisotopic (exact) mass is 312 g/mol. The Hall–Kier alpha value is -2.74. The molecule has 0 bridgehead atoms. The molecule has 118 valence electrons. The van der Waals surface area contributed by atoms with Crippen LogP contribution in [0.2, 0.25) is 0 Å². The van der Waals surface area contributed by atoms with Crippen LogP contribution in [-0.2, 0) is 12.8 Å². The van der Waals surface area contributed by atoms with Crippen LogP contribution in [0.5, 0.6) is 0 Å². The zero-order chi connectivity index (χ0) is 16.3. The van der Waals surface area contributed by atoms with Crippen LogP contribution in [0.15, 0.2) is 48.5 Å². The maximum absolute atomic E-state index is 3.63. The zero-order valence-electron chi connectivity index (χ0n) is 14.0. The number of fused-ring (bicyclic) bond motifs is 7. The summed E-state index contributed by atoms with van der Waals surface area (Å²) in [5, 5.41) is 5.24. The highest BCUT2D eigenvalue weighted by molar-refractivity contribution is 6.21. The molecule has 3 aromatic carbocycles. The van der Waals surface area contributed by atoms with E-state index in [4.69, 9.17) is 0 Å². The quantitative estimate of drug-likeness (QED) is 0.396. The Bertz CT molecular complexity index is 1120. The molecule has 2 aromatic heterocycles. The predicted molar refractivity (Wildman–Crippen MR) is 104 cm³/mol. The van der Waals surface area contributed by atoms with Gasteiger partial charge >= 0.3 is 0 Å². The molecule has 0 fully saturated rings. The van der Waals surface area contributed by atoms with Gasteiger partial charge in [0.2, 0.25) is 0 Å². The molecule has 0 aliphatic heterocycles. The third-order valence-electron chi connectivity index (χ3n) is 5.29. The summed E-state index contributed by atoms with van der Waals surface area (Å²) in [4.78, 5) is 7.26. The lowest BCUT2D eigenvalue weighted by Crippen LogP contribution is -1.78. The van der Waals surface area contributed by atoms with Crippen molar-refractivity contribution in [1.82, 2.24) is 9.97 Å². The summed E-state index contributed by atoms with van der Waals surface area (Å²) in [5.41, 5.74) is 7.61. The second-order valence-electron chi connectivity index (χ2n) is 6.63. The summed E-state index contributed by atoms with van der Waals surface area (Å²) in [6.07, 6.45) is 2.13. The largest absolute Gasteiger partial charge is 0.353 e. The molecule has 2 N–H and O–H groups in total. The van der Waals surface area contributed by atoms with Crippen molar-refractivity contribution in [1.29, 1.82) is 0 Å². The molecule has 2 heterocycles. The fourth-order valence-electron chi connectivity index (χ4n) is 3.87. The van der Waals surface area contributed by atoms with E-state index in [-0.39, 0.29) is 0 Å². The minimum absolute atomic E-state index is 1.07. The van der Waals surface area contributed by atoms with Gasteiger partial charge in [0.05, 0.1) is 11.0 Å². The van der Waals surface area contributed by atoms with Crippen LogP contribution in [0.1, 0.15) is 25.0 Å². The van der Waals surface area contributed by atoms with E-state index in [0.29, 0.717) is 0 Å². The highest BCUT2D eigenvalue weighted by atomic mass is 14.8. The lowest BCUT2D eigenvalue weighted by atomic mass is 10.0. The fourth-order valence-corrected chi connectivity index (χ4v) is 3.87. The maximum Gasteiger partial charge on any atom is 0.0710 e. The van der Waals surface area contributed by atoms with Crippen LogP contribution in [0.25, 0.3) is 43.6 Å². The van der Waals surface area contributed by atoms with Crippen LogP contribution < -0.4 is 0 Å². The van der Waals surface area contributed by atoms with Gasteiger partial charge in [0, 0.05) is 32.6 Å². The molecule has 5 rings (SSSR count). The Morgan fingerprint density at radius 3 is 1.46 bits per heavy atom. The van der Waals surface area contributed by atoms with Crippen LogP contribution >= 0.6 is 0 Å². The lowest BCUT2D eigenvalue weighted by Gasteiger charge is -1.98. The second-order valence-corrected chi connectivity index (χ2v) is 6.63. The molecule has 0 spiro atoms. The minimum Gasteiger partial charge on any atom is -0.353 e. The first-order valence-electron chi connectivity index (χ1n) is 8.76. The molecule has 2 nitrogen and oxygen atoms in total. The molecule has 0 atom stereocenters. The van der Waals surface area contributed by atoms with Gasteiger partial charge in [-0.2, -0.15) is 0 Å². The van der Waals surface area contributed by atoms with Crippen molar-refractivity contribution in [3.8, 4) is 0 Å². The van der Waals surface area contributed by atoms with E-state index in [1.165, 1.54) is 54.7 Å². The van der Waals surface area contributed by atoms with E-state index in [1.807, 2.05) is 0 Å². The molecule has 0 aliphatic rings. The molecule has 2 heteroatoms. The molecule has 0 saturated heterocycles. The first-order chi connectivity index (χ1) is 11.8. The number of H-pyrrole nitrogens is 2. The van der Waals surface area contributed by atoms with Crippen LogP contribution in [0.4, 0.5) is 0 Å². The first kappa shape index (κ1) is 13.7. The molecular formula is C22H20N2. The Kier molecular flexibility index (Phi) is 2.78. The summed E-state index contributed by atoms with van der Waals surface area (Å²) < 4.78 is 0. The second kappa shape index (κ2) is 4.88. The Morgan fingerprint density at radius 2 is 1.04 bits per heavy atom. The standard InChI is InChI=1S/C22H20N2/c1-3-13-5-9-19-17(11-13)15-7-8-16-18-12-14(4-2)6-10-20(18)24-22(16)21(15)23-19/h5-12,23-24H,3-4H2,1-2H3. The van der Waals surface area contributed by atoms with Gasteiger partial charge in [-0.05, 0) is 48.2 Å². The molecule has 0 amide bonds. The van der Waals surface area contributed by atoms with E-state index in [1.54, 1.807) is 0 Å².